The minimum atomic E-state index is -0.691. The van der Waals surface area contributed by atoms with Gasteiger partial charge in [0.25, 0.3) is 0 Å². The minimum absolute atomic E-state index is 0.311. The monoisotopic (exact) mass is 227 g/mol. The van der Waals surface area contributed by atoms with Gasteiger partial charge in [-0.2, -0.15) is 0 Å². The van der Waals surface area contributed by atoms with Gasteiger partial charge in [-0.1, -0.05) is 0 Å². The average Bonchev–Trinajstić information content (AvgIpc) is 2.96. The lowest BCUT2D eigenvalue weighted by Crippen LogP contribution is -2.43. The third-order valence-corrected chi connectivity index (χ3v) is 3.81. The van der Waals surface area contributed by atoms with Gasteiger partial charge in [0.2, 0.25) is 0 Å². The highest BCUT2D eigenvalue weighted by Gasteiger charge is 2.41. The van der Waals surface area contributed by atoms with Crippen LogP contribution in [0, 0.1) is 5.92 Å². The zero-order valence-electron chi connectivity index (χ0n) is 9.85. The average molecular weight is 227 g/mol. The fraction of sp³-hybridized carbons (Fsp3) is 0.917. The zero-order chi connectivity index (χ0) is 11.8. The molecule has 0 bridgehead atoms. The molecule has 0 amide bonds. The van der Waals surface area contributed by atoms with Crippen LogP contribution in [-0.4, -0.2) is 45.8 Å². The number of aliphatic carboxylic acids is 1. The molecule has 4 heteroatoms. The lowest BCUT2D eigenvalue weighted by molar-refractivity contribution is -0.144. The van der Waals surface area contributed by atoms with Crippen LogP contribution in [0.3, 0.4) is 0 Å². The van der Waals surface area contributed by atoms with Crippen molar-refractivity contribution in [3.05, 3.63) is 0 Å². The van der Waals surface area contributed by atoms with E-state index in [1.807, 2.05) is 6.92 Å². The van der Waals surface area contributed by atoms with E-state index in [0.29, 0.717) is 18.9 Å². The summed E-state index contributed by atoms with van der Waals surface area (Å²) in [5.41, 5.74) is -0.610. The van der Waals surface area contributed by atoms with Crippen LogP contribution < -0.4 is 0 Å². The van der Waals surface area contributed by atoms with Crippen LogP contribution in [0.1, 0.15) is 39.0 Å². The molecule has 0 aromatic rings. The minimum Gasteiger partial charge on any atom is -0.480 e. The molecule has 16 heavy (non-hydrogen) atoms. The van der Waals surface area contributed by atoms with Gasteiger partial charge in [0.15, 0.2) is 0 Å². The van der Waals surface area contributed by atoms with Crippen molar-refractivity contribution in [3.8, 4) is 0 Å². The second-order valence-corrected chi connectivity index (χ2v) is 5.51. The molecular weight excluding hydrogens is 206 g/mol. The molecule has 1 saturated heterocycles. The van der Waals surface area contributed by atoms with Gasteiger partial charge >= 0.3 is 5.97 Å². The lowest BCUT2D eigenvalue weighted by Gasteiger charge is -2.28. The highest BCUT2D eigenvalue weighted by molar-refractivity contribution is 5.74. The molecule has 0 aromatic carbocycles. The quantitative estimate of drug-likeness (QED) is 0.757. The van der Waals surface area contributed by atoms with E-state index in [4.69, 9.17) is 0 Å². The Morgan fingerprint density at radius 1 is 1.38 bits per heavy atom. The summed E-state index contributed by atoms with van der Waals surface area (Å²) in [4.78, 5) is 13.3. The van der Waals surface area contributed by atoms with E-state index in [1.54, 1.807) is 0 Å². The first-order valence-electron chi connectivity index (χ1n) is 6.19. The summed E-state index contributed by atoms with van der Waals surface area (Å²) < 4.78 is 0. The summed E-state index contributed by atoms with van der Waals surface area (Å²) >= 11 is 0. The van der Waals surface area contributed by atoms with Crippen molar-refractivity contribution in [2.75, 3.05) is 13.1 Å². The van der Waals surface area contributed by atoms with E-state index in [2.05, 4.69) is 4.90 Å². The molecule has 2 aliphatic rings. The van der Waals surface area contributed by atoms with Gasteiger partial charge in [0.05, 0.1) is 5.60 Å². The van der Waals surface area contributed by atoms with Crippen molar-refractivity contribution >= 4 is 5.97 Å². The first-order chi connectivity index (χ1) is 7.49. The molecule has 4 nitrogen and oxygen atoms in total. The number of nitrogens with zero attached hydrogens (tertiary/aromatic N) is 1. The van der Waals surface area contributed by atoms with E-state index >= 15 is 0 Å². The number of carbonyl (C=O) groups is 1. The number of aliphatic hydroxyl groups is 1. The van der Waals surface area contributed by atoms with Crippen LogP contribution in [0.4, 0.5) is 0 Å². The number of rotatable bonds is 3. The van der Waals surface area contributed by atoms with Gasteiger partial charge in [0.1, 0.15) is 6.04 Å². The van der Waals surface area contributed by atoms with E-state index < -0.39 is 11.6 Å². The van der Waals surface area contributed by atoms with Crippen LogP contribution in [-0.2, 0) is 4.79 Å². The largest absolute Gasteiger partial charge is 0.480 e. The molecule has 0 spiro atoms. The normalized spacial score (nSPS) is 34.4. The van der Waals surface area contributed by atoms with Gasteiger partial charge in [0, 0.05) is 6.54 Å². The predicted molar refractivity (Wildman–Crippen MR) is 60.2 cm³/mol. The molecule has 2 rings (SSSR count). The molecule has 0 radical (unpaired) electrons. The van der Waals surface area contributed by atoms with E-state index in [0.717, 1.165) is 32.2 Å². The Morgan fingerprint density at radius 2 is 2.06 bits per heavy atom. The van der Waals surface area contributed by atoms with E-state index in [-0.39, 0.29) is 6.04 Å². The topological polar surface area (TPSA) is 60.8 Å². The summed E-state index contributed by atoms with van der Waals surface area (Å²) in [6.45, 7) is 3.37. The van der Waals surface area contributed by atoms with Gasteiger partial charge in [-0.15, -0.1) is 0 Å². The first-order valence-corrected chi connectivity index (χ1v) is 6.19. The van der Waals surface area contributed by atoms with Crippen LogP contribution in [0.5, 0.6) is 0 Å². The Labute approximate surface area is 96.3 Å². The SMILES string of the molecule is CC1(O)CCCN(C(C(=O)O)C2CC2)CC1. The molecule has 92 valence electrons. The molecule has 2 atom stereocenters. The number of carboxylic acid groups (broad SMARTS) is 1. The fourth-order valence-electron chi connectivity index (χ4n) is 2.63. The van der Waals surface area contributed by atoms with Gasteiger partial charge in [-0.25, -0.2) is 0 Å². The maximum atomic E-state index is 11.2. The summed E-state index contributed by atoms with van der Waals surface area (Å²) in [7, 11) is 0. The number of likely N-dealkylation sites (tertiary alicyclic amines) is 1. The molecule has 1 aliphatic carbocycles. The molecule has 2 fully saturated rings. The molecule has 1 heterocycles. The smallest absolute Gasteiger partial charge is 0.321 e. The third kappa shape index (κ3) is 2.74. The number of carboxylic acids is 1. The Bertz CT molecular complexity index is 273. The molecule has 2 N–H and O–H groups in total. The Hall–Kier alpha value is -0.610. The fourth-order valence-corrected chi connectivity index (χ4v) is 2.63. The standard InChI is InChI=1S/C12H21NO3/c1-12(16)5-2-7-13(8-6-12)10(11(14)15)9-3-4-9/h9-10,16H,2-8H2,1H3,(H,14,15). The highest BCUT2D eigenvalue weighted by atomic mass is 16.4. The van der Waals surface area contributed by atoms with Gasteiger partial charge in [-0.3, -0.25) is 9.69 Å². The lowest BCUT2D eigenvalue weighted by atomic mass is 9.98. The summed E-state index contributed by atoms with van der Waals surface area (Å²) in [5.74, 6) is -0.343. The van der Waals surface area contributed by atoms with Gasteiger partial charge in [-0.05, 0) is 51.5 Å². The molecule has 0 aromatic heterocycles. The van der Waals surface area contributed by atoms with E-state index in [9.17, 15) is 15.0 Å². The van der Waals surface area contributed by atoms with Crippen molar-refractivity contribution in [2.45, 2.75) is 50.7 Å². The Balaban J connectivity index is 2.00. The predicted octanol–water partition coefficient (Wildman–Crippen LogP) is 1.09. The number of hydrogen-bond donors (Lipinski definition) is 2. The van der Waals surface area contributed by atoms with Crippen LogP contribution in [0.2, 0.25) is 0 Å². The maximum Gasteiger partial charge on any atom is 0.321 e. The van der Waals surface area contributed by atoms with Crippen LogP contribution in [0.15, 0.2) is 0 Å². The zero-order valence-corrected chi connectivity index (χ0v) is 9.85. The summed E-state index contributed by atoms with van der Waals surface area (Å²) in [5, 5.41) is 19.2. The third-order valence-electron chi connectivity index (χ3n) is 3.81. The second-order valence-electron chi connectivity index (χ2n) is 5.51. The van der Waals surface area contributed by atoms with Crippen LogP contribution in [0.25, 0.3) is 0 Å². The molecule has 2 unspecified atom stereocenters. The highest BCUT2D eigenvalue weighted by Crippen LogP contribution is 2.36. The summed E-state index contributed by atoms with van der Waals surface area (Å²) in [6, 6.07) is -0.311. The summed E-state index contributed by atoms with van der Waals surface area (Å²) in [6.07, 6.45) is 4.45. The van der Waals surface area contributed by atoms with Crippen molar-refractivity contribution in [1.29, 1.82) is 0 Å². The molecular formula is C12H21NO3. The van der Waals surface area contributed by atoms with Crippen molar-refractivity contribution < 1.29 is 15.0 Å². The van der Waals surface area contributed by atoms with Crippen molar-refractivity contribution in [1.82, 2.24) is 4.90 Å². The van der Waals surface area contributed by atoms with Crippen LogP contribution >= 0.6 is 0 Å². The Morgan fingerprint density at radius 3 is 2.62 bits per heavy atom. The first kappa shape index (κ1) is 11.9. The molecule has 1 saturated carbocycles. The van der Waals surface area contributed by atoms with Gasteiger partial charge < -0.3 is 10.2 Å². The number of hydrogen-bond acceptors (Lipinski definition) is 3. The second kappa shape index (κ2) is 4.34. The molecule has 1 aliphatic heterocycles. The van der Waals surface area contributed by atoms with Crippen molar-refractivity contribution in [2.24, 2.45) is 5.92 Å². The van der Waals surface area contributed by atoms with E-state index in [1.165, 1.54) is 0 Å². The van der Waals surface area contributed by atoms with Crippen molar-refractivity contribution in [3.63, 3.8) is 0 Å². The maximum absolute atomic E-state index is 11.2. The Kier molecular flexibility index (Phi) is 3.22.